The maximum Gasteiger partial charge on any atom is 0.341 e. The summed E-state index contributed by atoms with van der Waals surface area (Å²) in [5, 5.41) is 5.99. The van der Waals surface area contributed by atoms with Crippen LogP contribution in [-0.4, -0.2) is 33.2 Å². The van der Waals surface area contributed by atoms with E-state index in [4.69, 9.17) is 33.2 Å². The second-order valence-corrected chi connectivity index (χ2v) is 27.5. The molecule has 0 radical (unpaired) electrons. The van der Waals surface area contributed by atoms with E-state index in [1.165, 1.54) is 32.8 Å². The van der Waals surface area contributed by atoms with E-state index in [2.05, 4.69) is 126 Å². The molecule has 190 valence electrons. The third-order valence-electron chi connectivity index (χ3n) is 7.87. The van der Waals surface area contributed by atoms with Gasteiger partial charge in [0.1, 0.15) is 0 Å². The Labute approximate surface area is 238 Å². The van der Waals surface area contributed by atoms with Gasteiger partial charge in [-0.25, -0.2) is 0 Å². The molecule has 4 aromatic carbocycles. The summed E-state index contributed by atoms with van der Waals surface area (Å²) in [4.78, 5) is 0. The maximum atomic E-state index is 6.30. The first-order valence-electron chi connectivity index (χ1n) is 13.0. The molecule has 0 atom stereocenters. The van der Waals surface area contributed by atoms with Gasteiger partial charge in [0.05, 0.1) is 0 Å². The molecule has 5 rings (SSSR count). The molecule has 0 aromatic heterocycles. The summed E-state index contributed by atoms with van der Waals surface area (Å²) in [6.45, 7) is 1.02. The Bertz CT molecular complexity index is 1100. The van der Waals surface area contributed by atoms with Gasteiger partial charge in [-0.2, -0.15) is 0 Å². The van der Waals surface area contributed by atoms with Gasteiger partial charge in [-0.15, -0.1) is 33.2 Å². The second kappa shape index (κ2) is 11.6. The third-order valence-corrected chi connectivity index (χ3v) is 22.7. The lowest BCUT2D eigenvalue weighted by Gasteiger charge is -2.47. The van der Waals surface area contributed by atoms with Gasteiger partial charge in [-0.05, 0) is 51.8 Å². The number of unbranched alkanes of at least 4 members (excludes halogenated alkanes) is 1. The van der Waals surface area contributed by atoms with Crippen molar-refractivity contribution in [3.63, 3.8) is 0 Å². The van der Waals surface area contributed by atoms with Crippen molar-refractivity contribution in [2.24, 2.45) is 0 Å². The molecule has 0 bridgehead atoms. The van der Waals surface area contributed by atoms with Crippen molar-refractivity contribution < 1.29 is 0 Å². The smallest absolute Gasteiger partial charge is 0.331 e. The number of nitrogens with zero attached hydrogens (tertiary/aromatic N) is 1. The van der Waals surface area contributed by atoms with Crippen LogP contribution in [0.5, 0.6) is 0 Å². The predicted molar refractivity (Wildman–Crippen MR) is 169 cm³/mol. The highest BCUT2D eigenvalue weighted by molar-refractivity contribution is 7.64. The zero-order valence-electron chi connectivity index (χ0n) is 20.9. The Kier molecular flexibility index (Phi) is 8.46. The van der Waals surface area contributed by atoms with Gasteiger partial charge < -0.3 is 4.23 Å². The van der Waals surface area contributed by atoms with Crippen molar-refractivity contribution in [3.05, 3.63) is 121 Å². The van der Waals surface area contributed by atoms with E-state index in [-0.39, 0.29) is 0 Å². The van der Waals surface area contributed by atoms with Crippen LogP contribution in [0.2, 0.25) is 18.1 Å². The molecule has 4 aromatic rings. The Balaban J connectivity index is 1.72. The molecule has 0 saturated carbocycles. The van der Waals surface area contributed by atoms with Crippen molar-refractivity contribution >= 4 is 76.5 Å². The van der Waals surface area contributed by atoms with Crippen LogP contribution < -0.4 is 20.7 Å². The first-order valence-corrected chi connectivity index (χ1v) is 22.6. The Morgan fingerprint density at radius 2 is 0.838 bits per heavy atom. The van der Waals surface area contributed by atoms with Gasteiger partial charge in [-0.1, -0.05) is 128 Å². The lowest BCUT2D eigenvalue weighted by molar-refractivity contribution is 0.596. The van der Waals surface area contributed by atoms with Gasteiger partial charge in [0, 0.05) is 0 Å². The van der Waals surface area contributed by atoms with Crippen molar-refractivity contribution in [1.29, 1.82) is 0 Å². The quantitative estimate of drug-likeness (QED) is 0.125. The van der Waals surface area contributed by atoms with E-state index < -0.39 is 22.5 Å². The Morgan fingerprint density at radius 3 is 1.14 bits per heavy atom. The highest BCUT2D eigenvalue weighted by Gasteiger charge is 2.60. The van der Waals surface area contributed by atoms with Gasteiger partial charge in [-0.3, -0.25) is 0 Å². The number of halogens is 3. The minimum absolute atomic E-state index is 0.710. The summed E-state index contributed by atoms with van der Waals surface area (Å²) < 4.78 is 3.05. The van der Waals surface area contributed by atoms with E-state index in [1.54, 1.807) is 0 Å². The average Bonchev–Trinajstić information content (AvgIpc) is 3.29. The molecule has 0 unspecified atom stereocenters. The van der Waals surface area contributed by atoms with Crippen LogP contribution in [0.3, 0.4) is 0 Å². The van der Waals surface area contributed by atoms with Crippen LogP contribution >= 0.6 is 33.2 Å². The predicted octanol–water partition coefficient (Wildman–Crippen LogP) is 6.26. The number of rotatable bonds is 9. The molecule has 0 aliphatic carbocycles. The molecule has 1 heterocycles. The Morgan fingerprint density at radius 1 is 0.514 bits per heavy atom. The number of hydrogen-bond acceptors (Lipinski definition) is 1. The van der Waals surface area contributed by atoms with Gasteiger partial charge in [0.15, 0.2) is 16.5 Å². The fourth-order valence-corrected chi connectivity index (χ4v) is 23.6. The summed E-state index contributed by atoms with van der Waals surface area (Å²) in [6.07, 6.45) is 1.98. The first kappa shape index (κ1) is 26.9. The van der Waals surface area contributed by atoms with Crippen LogP contribution in [-0.2, 0) is 0 Å². The highest BCUT2D eigenvalue weighted by Crippen LogP contribution is 2.38. The molecule has 1 fully saturated rings. The number of hydrogen-bond donors (Lipinski definition) is 0. The van der Waals surface area contributed by atoms with E-state index in [0.717, 1.165) is 19.4 Å². The minimum Gasteiger partial charge on any atom is -0.331 e. The standard InChI is InChI=1S/C30H32Cl3NSi3/c31-37(32,33)24-14-13-23-34-35(27-15-5-1-6-16-27,28-17-7-2-8-18-28)25-26-36(34,29-19-9-3-10-20-29)30-21-11-4-12-22-30/h1-12,15-22H,13-14,23-26H2. The molecule has 1 aliphatic rings. The summed E-state index contributed by atoms with van der Waals surface area (Å²) in [7, 11) is -4.61. The monoisotopic (exact) mass is 595 g/mol. The fourth-order valence-electron chi connectivity index (χ4n) is 6.32. The van der Waals surface area contributed by atoms with Crippen molar-refractivity contribution in [2.75, 3.05) is 6.54 Å². The molecule has 7 heteroatoms. The summed E-state index contributed by atoms with van der Waals surface area (Å²) in [6, 6.07) is 45.8. The van der Waals surface area contributed by atoms with Crippen molar-refractivity contribution in [3.8, 4) is 0 Å². The number of benzene rings is 4. The van der Waals surface area contributed by atoms with Crippen LogP contribution in [0.4, 0.5) is 0 Å². The molecule has 37 heavy (non-hydrogen) atoms. The summed E-state index contributed by atoms with van der Waals surface area (Å²) in [5.41, 5.74) is 0. The van der Waals surface area contributed by atoms with E-state index >= 15 is 0 Å². The van der Waals surface area contributed by atoms with E-state index in [9.17, 15) is 0 Å². The van der Waals surface area contributed by atoms with Crippen LogP contribution in [0.25, 0.3) is 0 Å². The zero-order chi connectivity index (χ0) is 25.8. The molecule has 1 aliphatic heterocycles. The second-order valence-electron chi connectivity index (χ2n) is 9.91. The van der Waals surface area contributed by atoms with Gasteiger partial charge in [0.2, 0.25) is 0 Å². The third kappa shape index (κ3) is 5.44. The molecule has 1 nitrogen and oxygen atoms in total. The van der Waals surface area contributed by atoms with Crippen molar-refractivity contribution in [1.82, 2.24) is 4.23 Å². The first-order chi connectivity index (χ1) is 18.0. The lowest BCUT2D eigenvalue weighted by atomic mass is 10.3. The van der Waals surface area contributed by atoms with Crippen LogP contribution in [0, 0.1) is 0 Å². The fraction of sp³-hybridized carbons (Fsp3) is 0.200. The van der Waals surface area contributed by atoms with E-state index in [1.807, 2.05) is 0 Å². The zero-order valence-corrected chi connectivity index (χ0v) is 26.1. The van der Waals surface area contributed by atoms with Gasteiger partial charge >= 0.3 is 6.00 Å². The summed E-state index contributed by atoms with van der Waals surface area (Å²) >= 11 is 18.9. The SMILES string of the molecule is Cl[Si](Cl)(Cl)CCCCN1[Si](c2ccccc2)(c2ccccc2)CC[Si]1(c1ccccc1)c1ccccc1. The summed E-state index contributed by atoms with van der Waals surface area (Å²) in [5.74, 6) is 0. The normalized spacial score (nSPS) is 17.1. The van der Waals surface area contributed by atoms with Crippen LogP contribution in [0.15, 0.2) is 121 Å². The van der Waals surface area contributed by atoms with Crippen LogP contribution in [0.1, 0.15) is 12.8 Å². The molecular weight excluding hydrogens is 565 g/mol. The molecule has 1 saturated heterocycles. The Hall–Kier alpha value is -1.64. The lowest BCUT2D eigenvalue weighted by Crippen LogP contribution is -2.78. The van der Waals surface area contributed by atoms with Crippen molar-refractivity contribution in [2.45, 2.75) is 31.0 Å². The molecule has 0 N–H and O–H groups in total. The van der Waals surface area contributed by atoms with E-state index in [0.29, 0.717) is 6.04 Å². The average molecular weight is 597 g/mol. The highest BCUT2D eigenvalue weighted by atomic mass is 35.8. The topological polar surface area (TPSA) is 3.24 Å². The van der Waals surface area contributed by atoms with Gasteiger partial charge in [0.25, 0.3) is 0 Å². The largest absolute Gasteiger partial charge is 0.341 e. The molecular formula is C30H32Cl3NSi3. The minimum atomic E-state index is -2.64. The molecule has 0 amide bonds. The maximum absolute atomic E-state index is 6.30. The molecule has 0 spiro atoms.